The first kappa shape index (κ1) is 12.7. The summed E-state index contributed by atoms with van der Waals surface area (Å²) in [5.74, 6) is 1.02. The molecule has 0 aromatic rings. The molecule has 2 heteroatoms. The topological polar surface area (TPSA) is 26.3 Å². The zero-order chi connectivity index (χ0) is 11.3. The number of rotatable bonds is 5. The van der Waals surface area contributed by atoms with E-state index >= 15 is 0 Å². The molecule has 0 amide bonds. The molecule has 1 rings (SSSR count). The van der Waals surface area contributed by atoms with Crippen LogP contribution in [0.25, 0.3) is 0 Å². The third kappa shape index (κ3) is 3.30. The van der Waals surface area contributed by atoms with Crippen molar-refractivity contribution in [1.29, 1.82) is 0 Å². The summed E-state index contributed by atoms with van der Waals surface area (Å²) in [6, 6.07) is 0. The van der Waals surface area contributed by atoms with E-state index in [0.717, 1.165) is 0 Å². The maximum atomic E-state index is 11.7. The van der Waals surface area contributed by atoms with Gasteiger partial charge in [-0.25, -0.2) is 0 Å². The van der Waals surface area contributed by atoms with Crippen LogP contribution in [0, 0.1) is 11.8 Å². The van der Waals surface area contributed by atoms with Gasteiger partial charge < -0.3 is 4.74 Å². The molecule has 0 saturated heterocycles. The van der Waals surface area contributed by atoms with Gasteiger partial charge in [-0.15, -0.1) is 0 Å². The number of methoxy groups -OCH3 is 1. The van der Waals surface area contributed by atoms with Gasteiger partial charge in [0.05, 0.1) is 6.10 Å². The van der Waals surface area contributed by atoms with Gasteiger partial charge in [0, 0.05) is 19.4 Å². The summed E-state index contributed by atoms with van der Waals surface area (Å²) < 4.78 is 5.55. The van der Waals surface area contributed by atoms with Crippen LogP contribution in [0.15, 0.2) is 0 Å². The molecule has 0 bridgehead atoms. The van der Waals surface area contributed by atoms with Crippen LogP contribution in [-0.2, 0) is 9.53 Å². The largest absolute Gasteiger partial charge is 0.380 e. The lowest BCUT2D eigenvalue weighted by atomic mass is 9.79. The van der Waals surface area contributed by atoms with Gasteiger partial charge >= 0.3 is 0 Å². The van der Waals surface area contributed by atoms with Crippen LogP contribution in [0.4, 0.5) is 0 Å². The molecule has 0 aliphatic heterocycles. The number of ketones is 1. The minimum Gasteiger partial charge on any atom is -0.380 e. The third-order valence-electron chi connectivity index (χ3n) is 3.74. The highest BCUT2D eigenvalue weighted by Gasteiger charge is 2.30. The first-order valence-electron chi connectivity index (χ1n) is 6.26. The van der Waals surface area contributed by atoms with Crippen LogP contribution >= 0.6 is 0 Å². The van der Waals surface area contributed by atoms with Crippen molar-refractivity contribution in [3.05, 3.63) is 0 Å². The molecule has 15 heavy (non-hydrogen) atoms. The number of carbonyl (C=O) groups is 1. The summed E-state index contributed by atoms with van der Waals surface area (Å²) in [7, 11) is 1.75. The maximum absolute atomic E-state index is 11.7. The van der Waals surface area contributed by atoms with Gasteiger partial charge in [-0.3, -0.25) is 4.79 Å². The van der Waals surface area contributed by atoms with E-state index in [-0.39, 0.29) is 12.0 Å². The first-order chi connectivity index (χ1) is 7.20. The lowest BCUT2D eigenvalue weighted by molar-refractivity contribution is -0.128. The first-order valence-corrected chi connectivity index (χ1v) is 6.26. The Kier molecular flexibility index (Phi) is 5.30. The van der Waals surface area contributed by atoms with Crippen molar-refractivity contribution in [3.63, 3.8) is 0 Å². The Morgan fingerprint density at radius 1 is 1.33 bits per heavy atom. The Morgan fingerprint density at radius 2 is 1.93 bits per heavy atom. The molecule has 2 atom stereocenters. The van der Waals surface area contributed by atoms with E-state index in [1.165, 1.54) is 32.1 Å². The van der Waals surface area contributed by atoms with Gasteiger partial charge in [-0.05, 0) is 18.8 Å². The predicted octanol–water partition coefficient (Wildman–Crippen LogP) is 3.20. The lowest BCUT2D eigenvalue weighted by Gasteiger charge is -2.32. The smallest absolute Gasteiger partial charge is 0.138 e. The van der Waals surface area contributed by atoms with Gasteiger partial charge in [-0.2, -0.15) is 0 Å². The molecule has 0 aromatic heterocycles. The quantitative estimate of drug-likeness (QED) is 0.699. The Balaban J connectivity index is 2.56. The van der Waals surface area contributed by atoms with Crippen LogP contribution in [0.2, 0.25) is 0 Å². The van der Waals surface area contributed by atoms with Gasteiger partial charge in [0.2, 0.25) is 0 Å². The summed E-state index contributed by atoms with van der Waals surface area (Å²) in [4.78, 5) is 11.7. The second-order valence-corrected chi connectivity index (χ2v) is 4.71. The zero-order valence-electron chi connectivity index (χ0n) is 10.3. The fraction of sp³-hybridized carbons (Fsp3) is 0.923. The Hall–Kier alpha value is -0.370. The van der Waals surface area contributed by atoms with Crippen molar-refractivity contribution in [2.75, 3.05) is 7.11 Å². The van der Waals surface area contributed by atoms with Gasteiger partial charge in [0.1, 0.15) is 5.78 Å². The molecule has 1 aliphatic carbocycles. The number of carbonyl (C=O) groups excluding carboxylic acids is 1. The van der Waals surface area contributed by atoms with E-state index in [9.17, 15) is 4.79 Å². The third-order valence-corrected chi connectivity index (χ3v) is 3.74. The van der Waals surface area contributed by atoms with Crippen LogP contribution in [0.3, 0.4) is 0 Å². The Morgan fingerprint density at radius 3 is 2.40 bits per heavy atom. The highest BCUT2D eigenvalue weighted by Crippen LogP contribution is 2.31. The van der Waals surface area contributed by atoms with E-state index in [4.69, 9.17) is 4.74 Å². The molecule has 0 unspecified atom stereocenters. The number of hydrogen-bond acceptors (Lipinski definition) is 2. The van der Waals surface area contributed by atoms with Crippen molar-refractivity contribution < 1.29 is 9.53 Å². The van der Waals surface area contributed by atoms with Crippen molar-refractivity contribution in [2.24, 2.45) is 11.8 Å². The lowest BCUT2D eigenvalue weighted by Crippen LogP contribution is -2.35. The van der Waals surface area contributed by atoms with Gasteiger partial charge in [0.25, 0.3) is 0 Å². The van der Waals surface area contributed by atoms with Crippen molar-refractivity contribution in [3.8, 4) is 0 Å². The van der Waals surface area contributed by atoms with E-state index in [2.05, 4.69) is 0 Å². The molecular formula is C13H24O2. The van der Waals surface area contributed by atoms with E-state index in [0.29, 0.717) is 18.1 Å². The van der Waals surface area contributed by atoms with Crippen LogP contribution in [0.5, 0.6) is 0 Å². The summed E-state index contributed by atoms with van der Waals surface area (Å²) >= 11 is 0. The number of ether oxygens (including phenoxy) is 1. The summed E-state index contributed by atoms with van der Waals surface area (Å²) in [6.07, 6.45) is 7.21. The molecule has 0 radical (unpaired) electrons. The highest BCUT2D eigenvalue weighted by molar-refractivity contribution is 5.80. The molecule has 1 aliphatic rings. The molecule has 1 saturated carbocycles. The molecular weight excluding hydrogens is 188 g/mol. The Labute approximate surface area is 93.4 Å². The second-order valence-electron chi connectivity index (χ2n) is 4.71. The molecule has 0 aromatic carbocycles. The van der Waals surface area contributed by atoms with Crippen molar-refractivity contribution in [1.82, 2.24) is 0 Å². The normalized spacial score (nSPS) is 22.3. The van der Waals surface area contributed by atoms with Crippen LogP contribution in [0.1, 0.15) is 52.4 Å². The Bertz CT molecular complexity index is 195. The molecule has 0 heterocycles. The molecule has 0 spiro atoms. The van der Waals surface area contributed by atoms with E-state index in [1.54, 1.807) is 7.11 Å². The van der Waals surface area contributed by atoms with E-state index in [1.807, 2.05) is 13.8 Å². The summed E-state index contributed by atoms with van der Waals surface area (Å²) in [6.45, 7) is 3.96. The monoisotopic (exact) mass is 212 g/mol. The average Bonchev–Trinajstić information content (AvgIpc) is 2.30. The van der Waals surface area contributed by atoms with Gasteiger partial charge in [-0.1, -0.05) is 33.1 Å². The van der Waals surface area contributed by atoms with Crippen LogP contribution < -0.4 is 0 Å². The van der Waals surface area contributed by atoms with Crippen molar-refractivity contribution in [2.45, 2.75) is 58.5 Å². The fourth-order valence-electron chi connectivity index (χ4n) is 2.77. The minimum absolute atomic E-state index is 0.0723. The molecule has 2 nitrogen and oxygen atoms in total. The molecule has 1 fully saturated rings. The summed E-state index contributed by atoms with van der Waals surface area (Å²) in [5.41, 5.74) is 0. The number of hydrogen-bond donors (Lipinski definition) is 0. The maximum Gasteiger partial charge on any atom is 0.138 e. The van der Waals surface area contributed by atoms with Crippen LogP contribution in [-0.4, -0.2) is 19.0 Å². The average molecular weight is 212 g/mol. The molecule has 88 valence electrons. The fourth-order valence-corrected chi connectivity index (χ4v) is 2.77. The predicted molar refractivity (Wildman–Crippen MR) is 61.8 cm³/mol. The highest BCUT2D eigenvalue weighted by atomic mass is 16.5. The SMILES string of the molecule is CCC(=O)[C@H](C)[C@H](OC)C1CCCCC1. The van der Waals surface area contributed by atoms with Crippen molar-refractivity contribution >= 4 is 5.78 Å². The minimum atomic E-state index is 0.0723. The van der Waals surface area contributed by atoms with E-state index < -0.39 is 0 Å². The van der Waals surface area contributed by atoms with Gasteiger partial charge in [0.15, 0.2) is 0 Å². The molecule has 0 N–H and O–H groups in total. The standard InChI is InChI=1S/C13H24O2/c1-4-12(14)10(2)13(15-3)11-8-6-5-7-9-11/h10-11,13H,4-9H2,1-3H3/t10-,13-/m0/s1. The number of Topliss-reactive ketones (excluding diaryl/α,β-unsaturated/α-hetero) is 1. The summed E-state index contributed by atoms with van der Waals surface area (Å²) in [5, 5.41) is 0. The second kappa shape index (κ2) is 6.26. The zero-order valence-corrected chi connectivity index (χ0v) is 10.3.